The van der Waals surface area contributed by atoms with Crippen molar-refractivity contribution in [2.24, 2.45) is 5.41 Å². The minimum Gasteiger partial charge on any atom is -0.378 e. The fraction of sp³-hybridized carbons (Fsp3) is 0.619. The molecule has 0 atom stereocenters. The van der Waals surface area contributed by atoms with Gasteiger partial charge in [0.2, 0.25) is 0 Å². The van der Waals surface area contributed by atoms with Gasteiger partial charge in [-0.05, 0) is 39.1 Å². The number of aromatic nitrogens is 2. The summed E-state index contributed by atoms with van der Waals surface area (Å²) < 4.78 is 5.53. The van der Waals surface area contributed by atoms with E-state index in [1.54, 1.807) is 0 Å². The molecule has 1 aromatic carbocycles. The van der Waals surface area contributed by atoms with Gasteiger partial charge in [-0.3, -0.25) is 0 Å². The van der Waals surface area contributed by atoms with Crippen LogP contribution in [-0.4, -0.2) is 68.4 Å². The highest BCUT2D eigenvalue weighted by molar-refractivity contribution is 5.80. The van der Waals surface area contributed by atoms with Crippen LogP contribution in [0, 0.1) is 5.41 Å². The van der Waals surface area contributed by atoms with Gasteiger partial charge >= 0.3 is 0 Å². The molecule has 0 bridgehead atoms. The van der Waals surface area contributed by atoms with Crippen LogP contribution in [0.4, 0.5) is 11.6 Å². The number of rotatable bonds is 6. The summed E-state index contributed by atoms with van der Waals surface area (Å²) in [6.07, 6.45) is 5.22. The highest BCUT2D eigenvalue weighted by atomic mass is 16.5. The van der Waals surface area contributed by atoms with Crippen molar-refractivity contribution in [1.29, 1.82) is 0 Å². The van der Waals surface area contributed by atoms with E-state index in [1.165, 1.54) is 25.7 Å². The normalized spacial score (nSPS) is 19.7. The van der Waals surface area contributed by atoms with Crippen molar-refractivity contribution >= 4 is 22.7 Å². The Balaban J connectivity index is 1.62. The highest BCUT2D eigenvalue weighted by Gasteiger charge is 2.34. The van der Waals surface area contributed by atoms with Crippen LogP contribution in [0.1, 0.15) is 25.7 Å². The molecular formula is C21H31N5O. The van der Waals surface area contributed by atoms with Gasteiger partial charge in [0, 0.05) is 31.6 Å². The summed E-state index contributed by atoms with van der Waals surface area (Å²) in [5.74, 6) is 1.88. The smallest absolute Gasteiger partial charge is 0.172 e. The Morgan fingerprint density at radius 2 is 1.74 bits per heavy atom. The number of hydrogen-bond donors (Lipinski definition) is 1. The number of morpholine rings is 1. The monoisotopic (exact) mass is 369 g/mol. The molecule has 1 aliphatic heterocycles. The van der Waals surface area contributed by atoms with Gasteiger partial charge < -0.3 is 19.9 Å². The molecule has 4 rings (SSSR count). The number of nitrogens with one attached hydrogen (secondary N) is 1. The molecule has 0 amide bonds. The average molecular weight is 370 g/mol. The Labute approximate surface area is 161 Å². The van der Waals surface area contributed by atoms with Crippen molar-refractivity contribution in [2.75, 3.05) is 63.7 Å². The quantitative estimate of drug-likeness (QED) is 0.845. The summed E-state index contributed by atoms with van der Waals surface area (Å²) in [5.41, 5.74) is 2.23. The van der Waals surface area contributed by atoms with Crippen molar-refractivity contribution in [3.05, 3.63) is 24.3 Å². The van der Waals surface area contributed by atoms with E-state index in [-0.39, 0.29) is 0 Å². The zero-order valence-electron chi connectivity index (χ0n) is 16.6. The number of nitrogens with zero attached hydrogens (tertiary/aromatic N) is 4. The van der Waals surface area contributed by atoms with E-state index in [0.29, 0.717) is 5.41 Å². The van der Waals surface area contributed by atoms with E-state index in [4.69, 9.17) is 14.7 Å². The Morgan fingerprint density at radius 1 is 1.07 bits per heavy atom. The van der Waals surface area contributed by atoms with Crippen LogP contribution >= 0.6 is 0 Å². The topological polar surface area (TPSA) is 53.5 Å². The summed E-state index contributed by atoms with van der Waals surface area (Å²) >= 11 is 0. The van der Waals surface area contributed by atoms with Crippen LogP contribution < -0.4 is 10.2 Å². The molecule has 27 heavy (non-hydrogen) atoms. The van der Waals surface area contributed by atoms with Gasteiger partial charge in [0.1, 0.15) is 0 Å². The van der Waals surface area contributed by atoms with Crippen LogP contribution in [0.15, 0.2) is 24.3 Å². The van der Waals surface area contributed by atoms with Gasteiger partial charge in [0.05, 0.1) is 24.2 Å². The first-order valence-corrected chi connectivity index (χ1v) is 10.1. The molecule has 1 aromatic heterocycles. The summed E-state index contributed by atoms with van der Waals surface area (Å²) in [6, 6.07) is 8.14. The minimum absolute atomic E-state index is 0.332. The van der Waals surface area contributed by atoms with Crippen molar-refractivity contribution in [2.45, 2.75) is 25.7 Å². The summed E-state index contributed by atoms with van der Waals surface area (Å²) in [6.45, 7) is 5.30. The number of benzene rings is 1. The number of para-hydroxylation sites is 2. The third-order valence-electron chi connectivity index (χ3n) is 5.81. The van der Waals surface area contributed by atoms with E-state index in [0.717, 1.165) is 62.1 Å². The molecule has 0 radical (unpaired) electrons. The Kier molecular flexibility index (Phi) is 5.45. The zero-order chi connectivity index (χ0) is 18.7. The molecular weight excluding hydrogens is 338 g/mol. The molecule has 2 aromatic rings. The van der Waals surface area contributed by atoms with Gasteiger partial charge in [-0.15, -0.1) is 0 Å². The lowest BCUT2D eigenvalue weighted by molar-refractivity contribution is 0.122. The maximum atomic E-state index is 5.53. The van der Waals surface area contributed by atoms with Crippen molar-refractivity contribution in [3.8, 4) is 0 Å². The number of fused-ring (bicyclic) bond motifs is 1. The molecule has 6 heteroatoms. The lowest BCUT2D eigenvalue weighted by Crippen LogP contribution is -2.39. The SMILES string of the molecule is CN(C)CC1(CNc2nc3ccccc3nc2N2CCOCC2)CCCC1. The zero-order valence-corrected chi connectivity index (χ0v) is 16.6. The van der Waals surface area contributed by atoms with Gasteiger partial charge in [0.15, 0.2) is 11.6 Å². The second-order valence-electron chi connectivity index (χ2n) is 8.28. The first-order valence-electron chi connectivity index (χ1n) is 10.1. The van der Waals surface area contributed by atoms with Crippen molar-refractivity contribution < 1.29 is 4.74 Å². The Hall–Kier alpha value is -1.92. The molecule has 1 saturated heterocycles. The van der Waals surface area contributed by atoms with E-state index < -0.39 is 0 Å². The van der Waals surface area contributed by atoms with Crippen LogP contribution in [-0.2, 0) is 4.74 Å². The Bertz CT molecular complexity index is 766. The van der Waals surface area contributed by atoms with Gasteiger partial charge in [-0.1, -0.05) is 25.0 Å². The third-order valence-corrected chi connectivity index (χ3v) is 5.81. The molecule has 1 saturated carbocycles. The molecule has 2 heterocycles. The largest absolute Gasteiger partial charge is 0.378 e. The first-order chi connectivity index (χ1) is 13.2. The van der Waals surface area contributed by atoms with Crippen LogP contribution in [0.2, 0.25) is 0 Å². The highest BCUT2D eigenvalue weighted by Crippen LogP contribution is 2.39. The molecule has 2 aliphatic rings. The first kappa shape index (κ1) is 18.4. The molecule has 2 fully saturated rings. The van der Waals surface area contributed by atoms with Gasteiger partial charge in [-0.25, -0.2) is 9.97 Å². The van der Waals surface area contributed by atoms with E-state index in [2.05, 4.69) is 29.2 Å². The number of anilines is 2. The fourth-order valence-corrected chi connectivity index (χ4v) is 4.56. The predicted molar refractivity (Wildman–Crippen MR) is 111 cm³/mol. The molecule has 0 unspecified atom stereocenters. The summed E-state index contributed by atoms with van der Waals surface area (Å²) in [4.78, 5) is 14.5. The third kappa shape index (κ3) is 4.17. The maximum Gasteiger partial charge on any atom is 0.172 e. The molecule has 1 aliphatic carbocycles. The Morgan fingerprint density at radius 3 is 2.41 bits per heavy atom. The van der Waals surface area contributed by atoms with Crippen molar-refractivity contribution in [1.82, 2.24) is 14.9 Å². The van der Waals surface area contributed by atoms with E-state index >= 15 is 0 Å². The predicted octanol–water partition coefficient (Wildman–Crippen LogP) is 3.00. The standard InChI is InChI=1S/C21H31N5O/c1-25(2)16-21(9-5-6-10-21)15-22-19-20(26-11-13-27-14-12-26)24-18-8-4-3-7-17(18)23-19/h3-4,7-8H,5-6,9-16H2,1-2H3,(H,22,23). The van der Waals surface area contributed by atoms with Crippen LogP contribution in [0.5, 0.6) is 0 Å². The van der Waals surface area contributed by atoms with Crippen LogP contribution in [0.3, 0.4) is 0 Å². The molecule has 6 nitrogen and oxygen atoms in total. The molecule has 1 N–H and O–H groups in total. The van der Waals surface area contributed by atoms with Crippen LogP contribution in [0.25, 0.3) is 11.0 Å². The fourth-order valence-electron chi connectivity index (χ4n) is 4.56. The lowest BCUT2D eigenvalue weighted by atomic mass is 9.85. The molecule has 0 spiro atoms. The number of hydrogen-bond acceptors (Lipinski definition) is 6. The van der Waals surface area contributed by atoms with Crippen molar-refractivity contribution in [3.63, 3.8) is 0 Å². The summed E-state index contributed by atoms with van der Waals surface area (Å²) in [5, 5.41) is 3.71. The lowest BCUT2D eigenvalue weighted by Gasteiger charge is -2.34. The second-order valence-corrected chi connectivity index (χ2v) is 8.28. The average Bonchev–Trinajstić information content (AvgIpc) is 3.14. The van der Waals surface area contributed by atoms with E-state index in [1.807, 2.05) is 24.3 Å². The van der Waals surface area contributed by atoms with E-state index in [9.17, 15) is 0 Å². The van der Waals surface area contributed by atoms with Gasteiger partial charge in [0.25, 0.3) is 0 Å². The molecule has 146 valence electrons. The van der Waals surface area contributed by atoms with Gasteiger partial charge in [-0.2, -0.15) is 0 Å². The second kappa shape index (κ2) is 7.98. The minimum atomic E-state index is 0.332. The maximum absolute atomic E-state index is 5.53. The summed E-state index contributed by atoms with van der Waals surface area (Å²) in [7, 11) is 4.35. The number of ether oxygens (including phenoxy) is 1.